The average Bonchev–Trinajstić information content (AvgIpc) is 2.60. The largest absolute Gasteiger partial charge is 0.0856 e. The van der Waals surface area contributed by atoms with Crippen molar-refractivity contribution in [3.63, 3.8) is 0 Å². The maximum absolute atomic E-state index is 2.38. The maximum Gasteiger partial charge on any atom is -0.00887 e. The molecule has 0 aliphatic heterocycles. The summed E-state index contributed by atoms with van der Waals surface area (Å²) < 4.78 is 0. The van der Waals surface area contributed by atoms with Gasteiger partial charge in [0.05, 0.1) is 0 Å². The Hall–Kier alpha value is -2.34. The van der Waals surface area contributed by atoms with E-state index in [0.717, 1.165) is 19.3 Å². The molecule has 2 aromatic carbocycles. The molecule has 0 bridgehead atoms. The van der Waals surface area contributed by atoms with Crippen LogP contribution in [0.5, 0.6) is 0 Å². The fourth-order valence-corrected chi connectivity index (χ4v) is 2.64. The molecule has 0 atom stereocenters. The van der Waals surface area contributed by atoms with E-state index in [9.17, 15) is 0 Å². The molecule has 0 radical (unpaired) electrons. The van der Waals surface area contributed by atoms with Crippen LogP contribution in [-0.2, 0) is 0 Å². The second kappa shape index (κ2) is 9.72. The lowest BCUT2D eigenvalue weighted by Gasteiger charge is -2.07. The van der Waals surface area contributed by atoms with Crippen LogP contribution < -0.4 is 0 Å². The SMILES string of the molecule is CC(C)=CCC/C(C)=C/CC(=Cc1ccccc1)c1ccccc1. The van der Waals surface area contributed by atoms with Gasteiger partial charge in [-0.05, 0) is 56.7 Å². The highest BCUT2D eigenvalue weighted by atomic mass is 14.1. The molecule has 0 aliphatic carbocycles. The van der Waals surface area contributed by atoms with E-state index in [-0.39, 0.29) is 0 Å². The molecule has 0 amide bonds. The Morgan fingerprint density at radius 1 is 0.792 bits per heavy atom. The Morgan fingerprint density at radius 3 is 2.04 bits per heavy atom. The molecule has 0 aromatic heterocycles. The van der Waals surface area contributed by atoms with Gasteiger partial charge in [0.1, 0.15) is 0 Å². The topological polar surface area (TPSA) is 0 Å². The standard InChI is InChI=1S/C24H28/c1-20(2)11-10-12-21(3)17-18-24(23-15-8-5-9-16-23)19-22-13-6-4-7-14-22/h4-9,11,13-17,19H,10,12,18H2,1-3H3/b21-17+,24-19?. The van der Waals surface area contributed by atoms with Crippen molar-refractivity contribution in [2.24, 2.45) is 0 Å². The van der Waals surface area contributed by atoms with Crippen molar-refractivity contribution >= 4 is 11.6 Å². The third-order valence-electron chi connectivity index (χ3n) is 4.05. The molecule has 2 aromatic rings. The van der Waals surface area contributed by atoms with Crippen LogP contribution in [0.3, 0.4) is 0 Å². The van der Waals surface area contributed by atoms with Gasteiger partial charge in [-0.2, -0.15) is 0 Å². The van der Waals surface area contributed by atoms with Crippen molar-refractivity contribution in [1.29, 1.82) is 0 Å². The van der Waals surface area contributed by atoms with E-state index in [4.69, 9.17) is 0 Å². The Bertz CT molecular complexity index is 696. The second-order valence-electron chi connectivity index (χ2n) is 6.52. The first kappa shape index (κ1) is 18.0. The number of hydrogen-bond donors (Lipinski definition) is 0. The molecule has 0 unspecified atom stereocenters. The van der Waals surface area contributed by atoms with Gasteiger partial charge in [0.25, 0.3) is 0 Å². The molecule has 0 saturated heterocycles. The average molecular weight is 316 g/mol. The lowest BCUT2D eigenvalue weighted by Crippen LogP contribution is -1.85. The highest BCUT2D eigenvalue weighted by Gasteiger charge is 2.01. The van der Waals surface area contributed by atoms with Gasteiger partial charge in [0.2, 0.25) is 0 Å². The smallest absolute Gasteiger partial charge is 0.00887 e. The number of hydrogen-bond acceptors (Lipinski definition) is 0. The summed E-state index contributed by atoms with van der Waals surface area (Å²) in [5, 5.41) is 0. The Kier molecular flexibility index (Phi) is 7.29. The molecule has 0 aliphatic rings. The van der Waals surface area contributed by atoms with E-state index < -0.39 is 0 Å². The number of benzene rings is 2. The molecule has 0 fully saturated rings. The molecule has 0 nitrogen and oxygen atoms in total. The van der Waals surface area contributed by atoms with Gasteiger partial charge in [-0.3, -0.25) is 0 Å². The predicted octanol–water partition coefficient (Wildman–Crippen LogP) is 7.31. The first-order valence-corrected chi connectivity index (χ1v) is 8.75. The summed E-state index contributed by atoms with van der Waals surface area (Å²) in [5.41, 5.74) is 6.78. The minimum Gasteiger partial charge on any atom is -0.0856 e. The zero-order valence-corrected chi connectivity index (χ0v) is 15.1. The van der Waals surface area contributed by atoms with Gasteiger partial charge in [-0.1, -0.05) is 90.0 Å². The summed E-state index contributed by atoms with van der Waals surface area (Å²) in [5.74, 6) is 0. The van der Waals surface area contributed by atoms with Gasteiger partial charge in [0, 0.05) is 0 Å². The predicted molar refractivity (Wildman–Crippen MR) is 108 cm³/mol. The van der Waals surface area contributed by atoms with E-state index in [1.165, 1.54) is 27.8 Å². The van der Waals surface area contributed by atoms with Crippen molar-refractivity contribution in [3.8, 4) is 0 Å². The van der Waals surface area contributed by atoms with E-state index in [1.807, 2.05) is 0 Å². The van der Waals surface area contributed by atoms with Crippen LogP contribution in [-0.4, -0.2) is 0 Å². The molecule has 24 heavy (non-hydrogen) atoms. The summed E-state index contributed by atoms with van der Waals surface area (Å²) in [6, 6.07) is 21.3. The number of rotatable bonds is 7. The molecular formula is C24H28. The summed E-state index contributed by atoms with van der Waals surface area (Å²) in [4.78, 5) is 0. The Balaban J connectivity index is 2.15. The molecule has 0 N–H and O–H groups in total. The monoisotopic (exact) mass is 316 g/mol. The molecule has 0 saturated carbocycles. The van der Waals surface area contributed by atoms with Gasteiger partial charge in [-0.25, -0.2) is 0 Å². The molecule has 2 rings (SSSR count). The summed E-state index contributed by atoms with van der Waals surface area (Å²) in [7, 11) is 0. The van der Waals surface area contributed by atoms with Crippen molar-refractivity contribution in [3.05, 3.63) is 95.1 Å². The summed E-state index contributed by atoms with van der Waals surface area (Å²) >= 11 is 0. The van der Waals surface area contributed by atoms with Crippen LogP contribution in [0.1, 0.15) is 51.2 Å². The minimum absolute atomic E-state index is 0.972. The third kappa shape index (κ3) is 6.42. The highest BCUT2D eigenvalue weighted by molar-refractivity contribution is 5.82. The first-order valence-electron chi connectivity index (χ1n) is 8.75. The zero-order valence-electron chi connectivity index (χ0n) is 15.1. The highest BCUT2D eigenvalue weighted by Crippen LogP contribution is 2.23. The van der Waals surface area contributed by atoms with Gasteiger partial charge < -0.3 is 0 Å². The lowest BCUT2D eigenvalue weighted by molar-refractivity contribution is 0.959. The summed E-state index contributed by atoms with van der Waals surface area (Å²) in [6.07, 6.45) is 10.2. The normalized spacial score (nSPS) is 12.1. The third-order valence-corrected chi connectivity index (χ3v) is 4.05. The molecule has 0 spiro atoms. The van der Waals surface area contributed by atoms with Crippen molar-refractivity contribution < 1.29 is 0 Å². The fraction of sp³-hybridized carbons (Fsp3) is 0.250. The van der Waals surface area contributed by atoms with Crippen LogP contribution in [0.15, 0.2) is 84.0 Å². The molecular weight excluding hydrogens is 288 g/mol. The van der Waals surface area contributed by atoms with Crippen LogP contribution >= 0.6 is 0 Å². The van der Waals surface area contributed by atoms with Crippen LogP contribution in [0.4, 0.5) is 0 Å². The first-order chi connectivity index (χ1) is 11.6. The quantitative estimate of drug-likeness (QED) is 0.371. The lowest BCUT2D eigenvalue weighted by atomic mass is 9.98. The van der Waals surface area contributed by atoms with Crippen molar-refractivity contribution in [2.45, 2.75) is 40.0 Å². The van der Waals surface area contributed by atoms with E-state index >= 15 is 0 Å². The van der Waals surface area contributed by atoms with Crippen molar-refractivity contribution in [1.82, 2.24) is 0 Å². The van der Waals surface area contributed by atoms with Crippen LogP contribution in [0.25, 0.3) is 11.6 Å². The van der Waals surface area contributed by atoms with Crippen molar-refractivity contribution in [2.75, 3.05) is 0 Å². The Labute approximate surface area is 147 Å². The fourth-order valence-electron chi connectivity index (χ4n) is 2.64. The zero-order chi connectivity index (χ0) is 17.2. The van der Waals surface area contributed by atoms with Crippen LogP contribution in [0.2, 0.25) is 0 Å². The Morgan fingerprint density at radius 2 is 1.42 bits per heavy atom. The van der Waals surface area contributed by atoms with Gasteiger partial charge >= 0.3 is 0 Å². The summed E-state index contributed by atoms with van der Waals surface area (Å²) in [6.45, 7) is 6.56. The maximum atomic E-state index is 2.38. The van der Waals surface area contributed by atoms with Gasteiger partial charge in [-0.15, -0.1) is 0 Å². The molecule has 0 heterocycles. The second-order valence-corrected chi connectivity index (χ2v) is 6.52. The minimum atomic E-state index is 0.972. The van der Waals surface area contributed by atoms with E-state index in [2.05, 4.69) is 99.7 Å². The van der Waals surface area contributed by atoms with Gasteiger partial charge in [0.15, 0.2) is 0 Å². The van der Waals surface area contributed by atoms with Crippen LogP contribution in [0, 0.1) is 0 Å². The van der Waals surface area contributed by atoms with E-state index in [1.54, 1.807) is 0 Å². The van der Waals surface area contributed by atoms with E-state index in [0.29, 0.717) is 0 Å². The molecule has 124 valence electrons. The molecule has 0 heteroatoms. The number of allylic oxidation sites excluding steroid dienone is 5.